The molecule has 0 atom stereocenters. The number of likely N-dealkylation sites (tertiary alicyclic amines) is 1. The Morgan fingerprint density at radius 1 is 1.03 bits per heavy atom. The number of carbonyl (C=O) groups excluding carboxylic acids is 1. The maximum absolute atomic E-state index is 12.6. The number of aryl methyl sites for hydroxylation is 2. The molecule has 1 heterocycles. The fourth-order valence-corrected chi connectivity index (χ4v) is 4.23. The van der Waals surface area contributed by atoms with E-state index >= 15 is 0 Å². The summed E-state index contributed by atoms with van der Waals surface area (Å²) in [5.74, 6) is 1.64. The molecule has 29 heavy (non-hydrogen) atoms. The van der Waals surface area contributed by atoms with Gasteiger partial charge in [0, 0.05) is 18.7 Å². The van der Waals surface area contributed by atoms with Crippen LogP contribution >= 0.6 is 0 Å². The second kappa shape index (κ2) is 10.4. The first-order chi connectivity index (χ1) is 14.1. The summed E-state index contributed by atoms with van der Waals surface area (Å²) in [5, 5.41) is 3.19. The third-order valence-corrected chi connectivity index (χ3v) is 6.09. The molecule has 0 radical (unpaired) electrons. The lowest BCUT2D eigenvalue weighted by Gasteiger charge is -2.32. The van der Waals surface area contributed by atoms with Crippen molar-refractivity contribution >= 4 is 11.6 Å². The highest BCUT2D eigenvalue weighted by molar-refractivity contribution is 5.92. The van der Waals surface area contributed by atoms with Crippen molar-refractivity contribution in [2.45, 2.75) is 51.9 Å². The molecule has 4 nitrogen and oxygen atoms in total. The normalized spacial score (nSPS) is 15.3. The van der Waals surface area contributed by atoms with Gasteiger partial charge >= 0.3 is 0 Å². The summed E-state index contributed by atoms with van der Waals surface area (Å²) in [4.78, 5) is 15.0. The van der Waals surface area contributed by atoms with Crippen molar-refractivity contribution in [1.29, 1.82) is 0 Å². The first kappa shape index (κ1) is 21.4. The number of para-hydroxylation sites is 1. The molecule has 1 N–H and O–H groups in total. The summed E-state index contributed by atoms with van der Waals surface area (Å²) in [7, 11) is 1.70. The highest BCUT2D eigenvalue weighted by Crippen LogP contribution is 2.29. The SMILES string of the molecule is CCc1cccc(CC)c1NC(=O)CCN1CCC(c2ccc(OC)cc2)CC1. The molecule has 1 fully saturated rings. The number of rotatable bonds is 8. The molecule has 1 aliphatic rings. The van der Waals surface area contributed by atoms with E-state index < -0.39 is 0 Å². The van der Waals surface area contributed by atoms with Crippen molar-refractivity contribution in [3.05, 3.63) is 59.2 Å². The van der Waals surface area contributed by atoms with Gasteiger partial charge in [-0.05, 0) is 73.5 Å². The molecule has 1 aliphatic heterocycles. The molecule has 2 aromatic rings. The van der Waals surface area contributed by atoms with Crippen molar-refractivity contribution in [2.75, 3.05) is 32.1 Å². The van der Waals surface area contributed by atoms with Gasteiger partial charge in [0.1, 0.15) is 5.75 Å². The Hall–Kier alpha value is -2.33. The molecule has 0 spiro atoms. The van der Waals surface area contributed by atoms with Gasteiger partial charge < -0.3 is 15.0 Å². The summed E-state index contributed by atoms with van der Waals surface area (Å²) >= 11 is 0. The van der Waals surface area contributed by atoms with Crippen LogP contribution in [0.25, 0.3) is 0 Å². The van der Waals surface area contributed by atoms with Crippen LogP contribution in [0.2, 0.25) is 0 Å². The Kier molecular flexibility index (Phi) is 7.70. The summed E-state index contributed by atoms with van der Waals surface area (Å²) in [6, 6.07) is 14.8. The minimum atomic E-state index is 0.123. The van der Waals surface area contributed by atoms with Crippen LogP contribution in [0.1, 0.15) is 55.7 Å². The minimum absolute atomic E-state index is 0.123. The number of piperidine rings is 1. The van der Waals surface area contributed by atoms with E-state index in [2.05, 4.69) is 54.4 Å². The Labute approximate surface area is 175 Å². The summed E-state index contributed by atoms with van der Waals surface area (Å²) in [5.41, 5.74) is 4.86. The number of methoxy groups -OCH3 is 1. The van der Waals surface area contributed by atoms with Crippen molar-refractivity contribution in [3.63, 3.8) is 0 Å². The van der Waals surface area contributed by atoms with Crippen LogP contribution in [0, 0.1) is 0 Å². The van der Waals surface area contributed by atoms with Gasteiger partial charge in [0.05, 0.1) is 7.11 Å². The number of carbonyl (C=O) groups is 1. The molecule has 156 valence electrons. The summed E-state index contributed by atoms with van der Waals surface area (Å²) in [6.45, 7) is 7.21. The van der Waals surface area contributed by atoms with Gasteiger partial charge in [-0.1, -0.05) is 44.2 Å². The largest absolute Gasteiger partial charge is 0.497 e. The van der Waals surface area contributed by atoms with Gasteiger partial charge in [-0.2, -0.15) is 0 Å². The molecule has 0 unspecified atom stereocenters. The van der Waals surface area contributed by atoms with Crippen molar-refractivity contribution in [2.24, 2.45) is 0 Å². The van der Waals surface area contributed by atoms with Crippen LogP contribution in [-0.4, -0.2) is 37.6 Å². The monoisotopic (exact) mass is 394 g/mol. The van der Waals surface area contributed by atoms with Gasteiger partial charge in [-0.3, -0.25) is 4.79 Å². The summed E-state index contributed by atoms with van der Waals surface area (Å²) in [6.07, 6.45) is 4.71. The number of hydrogen-bond donors (Lipinski definition) is 1. The van der Waals surface area contributed by atoms with E-state index in [0.29, 0.717) is 12.3 Å². The zero-order chi connectivity index (χ0) is 20.6. The van der Waals surface area contributed by atoms with Gasteiger partial charge in [0.2, 0.25) is 5.91 Å². The zero-order valence-electron chi connectivity index (χ0n) is 18.0. The highest BCUT2D eigenvalue weighted by atomic mass is 16.5. The van der Waals surface area contributed by atoms with Crippen molar-refractivity contribution < 1.29 is 9.53 Å². The lowest BCUT2D eigenvalue weighted by atomic mass is 9.89. The maximum Gasteiger partial charge on any atom is 0.225 e. The second-order valence-corrected chi connectivity index (χ2v) is 7.85. The predicted molar refractivity (Wildman–Crippen MR) is 120 cm³/mol. The number of ether oxygens (including phenoxy) is 1. The fraction of sp³-hybridized carbons (Fsp3) is 0.480. The van der Waals surface area contributed by atoms with Crippen molar-refractivity contribution in [3.8, 4) is 5.75 Å². The number of anilines is 1. The third kappa shape index (κ3) is 5.60. The van der Waals surface area contributed by atoms with Crippen LogP contribution in [0.4, 0.5) is 5.69 Å². The maximum atomic E-state index is 12.6. The molecule has 0 saturated carbocycles. The van der Waals surface area contributed by atoms with E-state index in [4.69, 9.17) is 4.74 Å². The quantitative estimate of drug-likeness (QED) is 0.683. The standard InChI is InChI=1S/C25H34N2O2/c1-4-19-7-6-8-20(5-2)25(19)26-24(28)15-18-27-16-13-22(14-17-27)21-9-11-23(29-3)12-10-21/h6-12,22H,4-5,13-18H2,1-3H3,(H,26,28). The highest BCUT2D eigenvalue weighted by Gasteiger charge is 2.21. The fourth-order valence-electron chi connectivity index (χ4n) is 4.23. The van der Waals surface area contributed by atoms with E-state index in [0.717, 1.165) is 56.8 Å². The van der Waals surface area contributed by atoms with Gasteiger partial charge in [0.25, 0.3) is 0 Å². The van der Waals surface area contributed by atoms with E-state index in [1.54, 1.807) is 7.11 Å². The first-order valence-electron chi connectivity index (χ1n) is 10.9. The average Bonchev–Trinajstić information content (AvgIpc) is 2.78. The first-order valence-corrected chi connectivity index (χ1v) is 10.9. The smallest absolute Gasteiger partial charge is 0.225 e. The van der Waals surface area contributed by atoms with Crippen LogP contribution in [0.5, 0.6) is 5.75 Å². The van der Waals surface area contributed by atoms with Crippen LogP contribution in [0.3, 0.4) is 0 Å². The molecular weight excluding hydrogens is 360 g/mol. The van der Waals surface area contributed by atoms with Gasteiger partial charge in [0.15, 0.2) is 0 Å². The molecule has 3 rings (SSSR count). The Bertz CT molecular complexity index is 771. The molecule has 4 heteroatoms. The summed E-state index contributed by atoms with van der Waals surface area (Å²) < 4.78 is 5.25. The average molecular weight is 395 g/mol. The predicted octanol–water partition coefficient (Wildman–Crippen LogP) is 5.03. The van der Waals surface area contributed by atoms with E-state index in [-0.39, 0.29) is 5.91 Å². The third-order valence-electron chi connectivity index (χ3n) is 6.09. The molecule has 0 aromatic heterocycles. The lowest BCUT2D eigenvalue weighted by Crippen LogP contribution is -2.35. The van der Waals surface area contributed by atoms with Crippen LogP contribution in [-0.2, 0) is 17.6 Å². The molecular formula is C25H34N2O2. The van der Waals surface area contributed by atoms with E-state index in [9.17, 15) is 4.79 Å². The second-order valence-electron chi connectivity index (χ2n) is 7.85. The zero-order valence-corrected chi connectivity index (χ0v) is 18.0. The topological polar surface area (TPSA) is 41.6 Å². The van der Waals surface area contributed by atoms with Gasteiger partial charge in [-0.15, -0.1) is 0 Å². The number of benzene rings is 2. The Morgan fingerprint density at radius 2 is 1.66 bits per heavy atom. The number of nitrogens with one attached hydrogen (secondary N) is 1. The lowest BCUT2D eigenvalue weighted by molar-refractivity contribution is -0.116. The molecule has 2 aromatic carbocycles. The minimum Gasteiger partial charge on any atom is -0.497 e. The number of nitrogens with zero attached hydrogens (tertiary/aromatic N) is 1. The van der Waals surface area contributed by atoms with Crippen LogP contribution < -0.4 is 10.1 Å². The van der Waals surface area contributed by atoms with Gasteiger partial charge in [-0.25, -0.2) is 0 Å². The molecule has 1 saturated heterocycles. The number of hydrogen-bond acceptors (Lipinski definition) is 3. The Balaban J connectivity index is 1.47. The van der Waals surface area contributed by atoms with Crippen molar-refractivity contribution in [1.82, 2.24) is 4.90 Å². The van der Waals surface area contributed by atoms with Crippen LogP contribution in [0.15, 0.2) is 42.5 Å². The molecule has 1 amide bonds. The molecule has 0 bridgehead atoms. The Morgan fingerprint density at radius 3 is 2.21 bits per heavy atom. The van der Waals surface area contributed by atoms with E-state index in [1.807, 2.05) is 12.1 Å². The number of amides is 1. The van der Waals surface area contributed by atoms with E-state index in [1.165, 1.54) is 16.7 Å². The molecule has 0 aliphatic carbocycles.